The first kappa shape index (κ1) is 14.1. The number of carbonyl (C=O) groups is 1. The predicted octanol–water partition coefficient (Wildman–Crippen LogP) is 3.59. The first-order valence-electron chi connectivity index (χ1n) is 6.80. The molecule has 2 aromatic carbocycles. The normalized spacial score (nSPS) is 10.6. The maximum absolute atomic E-state index is 12.3. The first-order valence-corrected chi connectivity index (χ1v) is 6.80. The molecule has 3 rings (SSSR count). The number of hydrogen-bond donors (Lipinski definition) is 0. The van der Waals surface area contributed by atoms with Crippen LogP contribution >= 0.6 is 0 Å². The summed E-state index contributed by atoms with van der Waals surface area (Å²) in [4.78, 5) is 23.3. The lowest BCUT2D eigenvalue weighted by molar-refractivity contribution is 0.112. The number of ether oxygens (including phenoxy) is 1. The molecule has 3 aromatic rings. The average Bonchev–Trinajstić information content (AvgIpc) is 2.54. The highest BCUT2D eigenvalue weighted by molar-refractivity contribution is 5.90. The van der Waals surface area contributed by atoms with Crippen LogP contribution in [0.15, 0.2) is 51.7 Å². The van der Waals surface area contributed by atoms with Gasteiger partial charge in [0.25, 0.3) is 0 Å². The highest BCUT2D eigenvalue weighted by Crippen LogP contribution is 2.26. The second-order valence-electron chi connectivity index (χ2n) is 5.05. The molecule has 0 N–H and O–H groups in total. The zero-order valence-electron chi connectivity index (χ0n) is 12.3. The van der Waals surface area contributed by atoms with Crippen LogP contribution in [0, 0.1) is 6.92 Å². The third-order valence-electron chi connectivity index (χ3n) is 3.56. The van der Waals surface area contributed by atoms with Crippen LogP contribution in [0.1, 0.15) is 15.9 Å². The van der Waals surface area contributed by atoms with Gasteiger partial charge in [-0.3, -0.25) is 4.79 Å². The molecule has 0 unspecified atom stereocenters. The third kappa shape index (κ3) is 2.39. The number of benzene rings is 2. The molecule has 0 aliphatic rings. The third-order valence-corrected chi connectivity index (χ3v) is 3.56. The molecule has 0 radical (unpaired) electrons. The largest absolute Gasteiger partial charge is 0.497 e. The van der Waals surface area contributed by atoms with E-state index in [-0.39, 0.29) is 0 Å². The Morgan fingerprint density at radius 1 is 1.14 bits per heavy atom. The van der Waals surface area contributed by atoms with E-state index in [9.17, 15) is 9.59 Å². The van der Waals surface area contributed by atoms with E-state index < -0.39 is 5.63 Å². The number of fused-ring (bicyclic) bond motifs is 1. The fourth-order valence-electron chi connectivity index (χ4n) is 2.50. The van der Waals surface area contributed by atoms with Crippen molar-refractivity contribution in [2.75, 3.05) is 7.11 Å². The van der Waals surface area contributed by atoms with Crippen molar-refractivity contribution in [3.63, 3.8) is 0 Å². The molecule has 4 nitrogen and oxygen atoms in total. The van der Waals surface area contributed by atoms with Crippen LogP contribution in [0.2, 0.25) is 0 Å². The van der Waals surface area contributed by atoms with Gasteiger partial charge in [-0.05, 0) is 48.4 Å². The van der Waals surface area contributed by atoms with Crippen molar-refractivity contribution in [3.05, 3.63) is 64.0 Å². The van der Waals surface area contributed by atoms with Crippen LogP contribution in [-0.2, 0) is 0 Å². The topological polar surface area (TPSA) is 56.5 Å². The Morgan fingerprint density at radius 2 is 1.95 bits per heavy atom. The van der Waals surface area contributed by atoms with Gasteiger partial charge in [-0.15, -0.1) is 0 Å². The van der Waals surface area contributed by atoms with Gasteiger partial charge < -0.3 is 9.15 Å². The lowest BCUT2D eigenvalue weighted by Gasteiger charge is -2.07. The maximum Gasteiger partial charge on any atom is 0.344 e. The van der Waals surface area contributed by atoms with Gasteiger partial charge in [0.2, 0.25) is 0 Å². The minimum Gasteiger partial charge on any atom is -0.497 e. The first-order chi connectivity index (χ1) is 10.6. The lowest BCUT2D eigenvalue weighted by Crippen LogP contribution is -2.03. The molecule has 0 atom stereocenters. The van der Waals surface area contributed by atoms with Gasteiger partial charge in [0.1, 0.15) is 17.6 Å². The monoisotopic (exact) mass is 294 g/mol. The zero-order chi connectivity index (χ0) is 15.7. The number of aldehydes is 1. The summed E-state index contributed by atoms with van der Waals surface area (Å²) in [5, 5.41) is 0.722. The molecule has 0 saturated heterocycles. The van der Waals surface area contributed by atoms with Crippen molar-refractivity contribution in [3.8, 4) is 16.9 Å². The summed E-state index contributed by atoms with van der Waals surface area (Å²) in [6.45, 7) is 1.81. The molecule has 0 fully saturated rings. The number of rotatable bonds is 3. The minimum atomic E-state index is -0.414. The molecule has 4 heteroatoms. The summed E-state index contributed by atoms with van der Waals surface area (Å²) in [6, 6.07) is 12.4. The van der Waals surface area contributed by atoms with E-state index in [1.54, 1.807) is 37.4 Å². The molecule has 0 aliphatic carbocycles. The molecule has 0 spiro atoms. The van der Waals surface area contributed by atoms with Crippen molar-refractivity contribution in [2.24, 2.45) is 0 Å². The molecule has 0 amide bonds. The number of carbonyl (C=O) groups excluding carboxylic acids is 1. The van der Waals surface area contributed by atoms with Crippen LogP contribution in [0.25, 0.3) is 22.1 Å². The van der Waals surface area contributed by atoms with Gasteiger partial charge >= 0.3 is 5.63 Å². The van der Waals surface area contributed by atoms with Gasteiger partial charge in [-0.1, -0.05) is 12.1 Å². The molecule has 22 heavy (non-hydrogen) atoms. The van der Waals surface area contributed by atoms with Crippen molar-refractivity contribution in [1.29, 1.82) is 0 Å². The van der Waals surface area contributed by atoms with Crippen molar-refractivity contribution in [2.45, 2.75) is 6.92 Å². The fourth-order valence-corrected chi connectivity index (χ4v) is 2.50. The number of hydrogen-bond acceptors (Lipinski definition) is 4. The molecule has 0 bridgehead atoms. The van der Waals surface area contributed by atoms with Crippen molar-refractivity contribution in [1.82, 2.24) is 0 Å². The van der Waals surface area contributed by atoms with Crippen LogP contribution in [0.4, 0.5) is 0 Å². The molecule has 0 saturated carbocycles. The Labute approximate surface area is 127 Å². The Balaban J connectivity index is 2.28. The summed E-state index contributed by atoms with van der Waals surface area (Å²) in [7, 11) is 1.57. The van der Waals surface area contributed by atoms with Gasteiger partial charge in [-0.2, -0.15) is 0 Å². The molecule has 110 valence electrons. The smallest absolute Gasteiger partial charge is 0.344 e. The molecular weight excluding hydrogens is 280 g/mol. The lowest BCUT2D eigenvalue weighted by atomic mass is 10.0. The van der Waals surface area contributed by atoms with Crippen LogP contribution in [0.3, 0.4) is 0 Å². The SMILES string of the molecule is COc1cccc(-c2cc3cc(C=O)cc(C)c3oc2=O)c1. The Hall–Kier alpha value is -2.88. The van der Waals surface area contributed by atoms with Crippen LogP contribution < -0.4 is 10.4 Å². The van der Waals surface area contributed by atoms with E-state index in [0.29, 0.717) is 28.0 Å². The highest BCUT2D eigenvalue weighted by atomic mass is 16.5. The van der Waals surface area contributed by atoms with E-state index in [0.717, 1.165) is 17.2 Å². The molecule has 1 heterocycles. The van der Waals surface area contributed by atoms with Crippen molar-refractivity contribution < 1.29 is 13.9 Å². The van der Waals surface area contributed by atoms with E-state index in [1.807, 2.05) is 19.1 Å². The van der Waals surface area contributed by atoms with Crippen LogP contribution in [0.5, 0.6) is 5.75 Å². The number of aryl methyl sites for hydroxylation is 1. The van der Waals surface area contributed by atoms with E-state index in [1.165, 1.54) is 0 Å². The van der Waals surface area contributed by atoms with Gasteiger partial charge in [0.15, 0.2) is 0 Å². The molecule has 1 aromatic heterocycles. The Kier molecular flexibility index (Phi) is 3.51. The van der Waals surface area contributed by atoms with E-state index in [4.69, 9.17) is 9.15 Å². The molecule has 0 aliphatic heterocycles. The fraction of sp³-hybridized carbons (Fsp3) is 0.111. The Bertz CT molecular complexity index is 922. The summed E-state index contributed by atoms with van der Waals surface area (Å²) >= 11 is 0. The summed E-state index contributed by atoms with van der Waals surface area (Å²) in [5.74, 6) is 0.662. The standard InChI is InChI=1S/C18H14O4/c1-11-6-12(10-19)7-14-9-16(18(20)22-17(11)14)13-4-3-5-15(8-13)21-2/h3-10H,1-2H3. The zero-order valence-corrected chi connectivity index (χ0v) is 12.3. The summed E-state index contributed by atoms with van der Waals surface area (Å²) in [6.07, 6.45) is 0.781. The van der Waals surface area contributed by atoms with E-state index in [2.05, 4.69) is 0 Å². The second-order valence-corrected chi connectivity index (χ2v) is 5.05. The summed E-state index contributed by atoms with van der Waals surface area (Å²) in [5.41, 5.74) is 2.55. The number of methoxy groups -OCH3 is 1. The second kappa shape index (κ2) is 5.48. The maximum atomic E-state index is 12.3. The Morgan fingerprint density at radius 3 is 2.68 bits per heavy atom. The highest BCUT2D eigenvalue weighted by Gasteiger charge is 2.11. The van der Waals surface area contributed by atoms with E-state index >= 15 is 0 Å². The average molecular weight is 294 g/mol. The van der Waals surface area contributed by atoms with Gasteiger partial charge in [0.05, 0.1) is 12.7 Å². The van der Waals surface area contributed by atoms with Gasteiger partial charge in [-0.25, -0.2) is 4.79 Å². The molecular formula is C18H14O4. The van der Waals surface area contributed by atoms with Crippen LogP contribution in [-0.4, -0.2) is 13.4 Å². The quantitative estimate of drug-likeness (QED) is 0.547. The summed E-state index contributed by atoms with van der Waals surface area (Å²) < 4.78 is 10.6. The minimum absolute atomic E-state index is 0.414. The van der Waals surface area contributed by atoms with Gasteiger partial charge in [0, 0.05) is 10.9 Å². The van der Waals surface area contributed by atoms with Crippen molar-refractivity contribution >= 4 is 17.3 Å². The predicted molar refractivity (Wildman–Crippen MR) is 84.6 cm³/mol.